The van der Waals surface area contributed by atoms with Crippen molar-refractivity contribution in [2.45, 2.75) is 33.1 Å². The van der Waals surface area contributed by atoms with Crippen LogP contribution in [0, 0.1) is 13.0 Å². The van der Waals surface area contributed by atoms with E-state index in [0.717, 1.165) is 17.7 Å². The van der Waals surface area contributed by atoms with Gasteiger partial charge in [0.25, 0.3) is 0 Å². The summed E-state index contributed by atoms with van der Waals surface area (Å²) in [6.45, 7) is 6.63. The molecule has 1 nitrogen and oxygen atoms in total. The van der Waals surface area contributed by atoms with Crippen LogP contribution in [0.3, 0.4) is 0 Å². The standard InChI is InChI=1S/C22H20N.Ir/c1-4-16-9-10-23-22(12-16)17-6-8-19-18-7-5-14(2)11-20(18)15(3)21(19)13-17;/h5,7-13,15H,4H2,1-3H3;/q-1;. The van der Waals surface area contributed by atoms with Gasteiger partial charge in [0.15, 0.2) is 0 Å². The Morgan fingerprint density at radius 1 is 1.04 bits per heavy atom. The summed E-state index contributed by atoms with van der Waals surface area (Å²) >= 11 is 0. The fraction of sp³-hybridized carbons (Fsp3) is 0.227. The molecule has 1 unspecified atom stereocenters. The predicted octanol–water partition coefficient (Wildman–Crippen LogP) is 5.55. The van der Waals surface area contributed by atoms with Crippen LogP contribution < -0.4 is 0 Å². The van der Waals surface area contributed by atoms with Gasteiger partial charge in [0.1, 0.15) is 0 Å². The van der Waals surface area contributed by atoms with Crippen LogP contribution in [-0.2, 0) is 26.5 Å². The van der Waals surface area contributed by atoms with E-state index in [-0.39, 0.29) is 20.1 Å². The van der Waals surface area contributed by atoms with Crippen LogP contribution in [0.1, 0.15) is 42.0 Å². The Hall–Kier alpha value is -1.76. The molecule has 0 aliphatic heterocycles. The molecule has 0 saturated heterocycles. The molecule has 1 heterocycles. The molecule has 0 fully saturated rings. The van der Waals surface area contributed by atoms with Gasteiger partial charge in [-0.1, -0.05) is 60.4 Å². The van der Waals surface area contributed by atoms with Gasteiger partial charge >= 0.3 is 0 Å². The van der Waals surface area contributed by atoms with E-state index >= 15 is 0 Å². The third-order valence-corrected chi connectivity index (χ3v) is 4.92. The summed E-state index contributed by atoms with van der Waals surface area (Å²) in [5.74, 6) is 0.433. The zero-order chi connectivity index (χ0) is 16.0. The van der Waals surface area contributed by atoms with Gasteiger partial charge in [-0.3, -0.25) is 0 Å². The quantitative estimate of drug-likeness (QED) is 0.430. The van der Waals surface area contributed by atoms with E-state index in [1.807, 2.05) is 6.20 Å². The fourth-order valence-electron chi connectivity index (χ4n) is 3.54. The maximum absolute atomic E-state index is 4.54. The first kappa shape index (κ1) is 17.1. The number of aryl methyl sites for hydroxylation is 2. The first-order valence-electron chi connectivity index (χ1n) is 8.29. The third kappa shape index (κ3) is 2.75. The molecule has 1 atom stereocenters. The Morgan fingerprint density at radius 3 is 2.62 bits per heavy atom. The molecule has 1 radical (unpaired) electrons. The number of fused-ring (bicyclic) bond motifs is 3. The van der Waals surface area contributed by atoms with Gasteiger partial charge in [0.05, 0.1) is 0 Å². The minimum atomic E-state index is 0. The molecule has 0 amide bonds. The molecule has 24 heavy (non-hydrogen) atoms. The van der Waals surface area contributed by atoms with Crippen LogP contribution in [0.25, 0.3) is 22.4 Å². The van der Waals surface area contributed by atoms with Gasteiger partial charge in [-0.05, 0) is 36.6 Å². The van der Waals surface area contributed by atoms with Crippen molar-refractivity contribution in [3.05, 3.63) is 77.0 Å². The second-order valence-corrected chi connectivity index (χ2v) is 6.43. The molecule has 0 saturated carbocycles. The summed E-state index contributed by atoms with van der Waals surface area (Å²) in [4.78, 5) is 4.54. The van der Waals surface area contributed by atoms with Crippen molar-refractivity contribution in [3.63, 3.8) is 0 Å². The maximum Gasteiger partial charge on any atom is 0.0163 e. The van der Waals surface area contributed by atoms with E-state index in [1.54, 1.807) is 0 Å². The van der Waals surface area contributed by atoms with Gasteiger partial charge in [-0.25, -0.2) is 0 Å². The number of aromatic nitrogens is 1. The van der Waals surface area contributed by atoms with E-state index < -0.39 is 0 Å². The number of hydrogen-bond acceptors (Lipinski definition) is 1. The molecule has 123 valence electrons. The van der Waals surface area contributed by atoms with Crippen molar-refractivity contribution in [2.75, 3.05) is 0 Å². The second-order valence-electron chi connectivity index (χ2n) is 6.43. The molecule has 1 aromatic heterocycles. The van der Waals surface area contributed by atoms with Gasteiger partial charge in [0, 0.05) is 26.3 Å². The van der Waals surface area contributed by atoms with Crippen LogP contribution in [0.4, 0.5) is 0 Å². The molecular weight excluding hydrogens is 470 g/mol. The average molecular weight is 491 g/mol. The molecule has 0 bridgehead atoms. The van der Waals surface area contributed by atoms with Crippen LogP contribution in [-0.4, -0.2) is 4.98 Å². The Bertz CT molecular complexity index is 898. The summed E-state index contributed by atoms with van der Waals surface area (Å²) in [5.41, 5.74) is 10.3. The third-order valence-electron chi connectivity index (χ3n) is 4.92. The summed E-state index contributed by atoms with van der Waals surface area (Å²) in [5, 5.41) is 0. The Kier molecular flexibility index (Phi) is 4.71. The molecule has 2 aromatic carbocycles. The zero-order valence-electron chi connectivity index (χ0n) is 14.2. The predicted molar refractivity (Wildman–Crippen MR) is 95.6 cm³/mol. The Balaban J connectivity index is 0.00000169. The normalized spacial score (nSPS) is 14.7. The van der Waals surface area contributed by atoms with Crippen molar-refractivity contribution < 1.29 is 20.1 Å². The van der Waals surface area contributed by atoms with E-state index in [0.29, 0.717) is 5.92 Å². The summed E-state index contributed by atoms with van der Waals surface area (Å²) in [6, 6.07) is 18.9. The van der Waals surface area contributed by atoms with Gasteiger partial charge < -0.3 is 4.98 Å². The number of benzene rings is 2. The monoisotopic (exact) mass is 491 g/mol. The van der Waals surface area contributed by atoms with Crippen LogP contribution in [0.5, 0.6) is 0 Å². The first-order valence-corrected chi connectivity index (χ1v) is 8.29. The smallest absolute Gasteiger partial charge is 0.0163 e. The van der Waals surface area contributed by atoms with Crippen molar-refractivity contribution in [2.24, 2.45) is 0 Å². The fourth-order valence-corrected chi connectivity index (χ4v) is 3.54. The maximum atomic E-state index is 4.54. The van der Waals surface area contributed by atoms with Crippen LogP contribution >= 0.6 is 0 Å². The zero-order valence-corrected chi connectivity index (χ0v) is 16.6. The molecule has 3 aromatic rings. The summed E-state index contributed by atoms with van der Waals surface area (Å²) in [6.07, 6.45) is 2.93. The van der Waals surface area contributed by atoms with E-state index in [9.17, 15) is 0 Å². The number of rotatable bonds is 2. The molecular formula is C22H20IrN-. The van der Waals surface area contributed by atoms with Gasteiger partial charge in [-0.15, -0.1) is 29.3 Å². The molecule has 2 heteroatoms. The minimum absolute atomic E-state index is 0. The Morgan fingerprint density at radius 2 is 1.83 bits per heavy atom. The topological polar surface area (TPSA) is 12.9 Å². The summed E-state index contributed by atoms with van der Waals surface area (Å²) in [7, 11) is 0. The molecule has 1 aliphatic rings. The molecule has 4 rings (SSSR count). The van der Waals surface area contributed by atoms with Gasteiger partial charge in [0.2, 0.25) is 0 Å². The van der Waals surface area contributed by atoms with E-state index in [4.69, 9.17) is 0 Å². The van der Waals surface area contributed by atoms with Crippen LogP contribution in [0.15, 0.2) is 48.7 Å². The average Bonchev–Trinajstić information content (AvgIpc) is 2.87. The SMILES string of the molecule is CCc1ccnc(-c2[c-]cc3c(c2)C(C)c2cc(C)ccc2-3)c1.[Ir]. The van der Waals surface area contributed by atoms with Crippen molar-refractivity contribution in [3.8, 4) is 22.4 Å². The van der Waals surface area contributed by atoms with Gasteiger partial charge in [-0.2, -0.15) is 0 Å². The minimum Gasteiger partial charge on any atom is -0.305 e. The van der Waals surface area contributed by atoms with Crippen molar-refractivity contribution in [1.82, 2.24) is 4.98 Å². The Labute approximate surface area is 157 Å². The first-order chi connectivity index (χ1) is 11.2. The van der Waals surface area contributed by atoms with Crippen LogP contribution in [0.2, 0.25) is 0 Å². The number of nitrogens with zero attached hydrogens (tertiary/aromatic N) is 1. The van der Waals surface area contributed by atoms with Crippen molar-refractivity contribution in [1.29, 1.82) is 0 Å². The molecule has 1 aliphatic carbocycles. The van der Waals surface area contributed by atoms with E-state index in [2.05, 4.69) is 74.3 Å². The largest absolute Gasteiger partial charge is 0.305 e. The molecule has 0 N–H and O–H groups in total. The molecule has 0 spiro atoms. The van der Waals surface area contributed by atoms with E-state index in [1.165, 1.54) is 33.4 Å². The van der Waals surface area contributed by atoms with Crippen molar-refractivity contribution >= 4 is 0 Å². The number of hydrogen-bond donors (Lipinski definition) is 0. The second kappa shape index (κ2) is 6.62. The summed E-state index contributed by atoms with van der Waals surface area (Å²) < 4.78 is 0. The number of pyridine rings is 1.